The maximum Gasteiger partial charge on any atom is 0.534 e. The summed E-state index contributed by atoms with van der Waals surface area (Å²) in [6.07, 6.45) is 1.12. The van der Waals surface area contributed by atoms with Crippen LogP contribution in [0, 0.1) is 5.92 Å². The molecule has 1 rings (SSSR count). The van der Waals surface area contributed by atoms with Gasteiger partial charge in [0.25, 0.3) is 0 Å². The Bertz CT molecular complexity index is 437. The molecule has 0 saturated heterocycles. The van der Waals surface area contributed by atoms with Gasteiger partial charge in [0.15, 0.2) is 0 Å². The van der Waals surface area contributed by atoms with Crippen LogP contribution in [-0.2, 0) is 23.8 Å². The highest BCUT2D eigenvalue weighted by Gasteiger charge is 2.49. The molecule has 0 fully saturated rings. The Morgan fingerprint density at radius 3 is 2.53 bits per heavy atom. The lowest BCUT2D eigenvalue weighted by atomic mass is 10.1. The zero-order valence-electron chi connectivity index (χ0n) is 8.65. The van der Waals surface area contributed by atoms with Crippen LogP contribution < -0.4 is 0 Å². The van der Waals surface area contributed by atoms with Crippen molar-refractivity contribution >= 4 is 16.1 Å². The Balaban J connectivity index is 2.76. The van der Waals surface area contributed by atoms with Gasteiger partial charge in [-0.25, -0.2) is 0 Å². The highest BCUT2D eigenvalue weighted by atomic mass is 32.2. The molecule has 9 heteroatoms. The lowest BCUT2D eigenvalue weighted by molar-refractivity contribution is -0.143. The van der Waals surface area contributed by atoms with E-state index in [1.54, 1.807) is 0 Å². The first-order chi connectivity index (χ1) is 7.67. The smallest absolute Gasteiger partial charge is 0.469 e. The molecule has 0 aromatic carbocycles. The topological polar surface area (TPSA) is 69.7 Å². The number of alkyl halides is 3. The van der Waals surface area contributed by atoms with Crippen LogP contribution in [0.25, 0.3) is 0 Å². The Hall–Kier alpha value is -1.25. The van der Waals surface area contributed by atoms with Crippen LogP contribution in [0.5, 0.6) is 0 Å². The Morgan fingerprint density at radius 2 is 2.06 bits per heavy atom. The zero-order chi connectivity index (χ0) is 13.3. The van der Waals surface area contributed by atoms with E-state index >= 15 is 0 Å². The minimum atomic E-state index is -5.66. The molecule has 1 aliphatic rings. The van der Waals surface area contributed by atoms with Gasteiger partial charge in [0.2, 0.25) is 0 Å². The second-order valence-corrected chi connectivity index (χ2v) is 4.82. The van der Waals surface area contributed by atoms with Gasteiger partial charge in [-0.3, -0.25) is 4.79 Å². The summed E-state index contributed by atoms with van der Waals surface area (Å²) in [7, 11) is -4.53. The monoisotopic (exact) mass is 274 g/mol. The number of ether oxygens (including phenoxy) is 1. The quantitative estimate of drug-likeness (QED) is 0.441. The predicted octanol–water partition coefficient (Wildman–Crippen LogP) is 1.32. The number of carbonyl (C=O) groups is 1. The minimum absolute atomic E-state index is 0.0604. The van der Waals surface area contributed by atoms with Crippen LogP contribution >= 0.6 is 0 Å². The molecule has 0 heterocycles. The number of rotatable bonds is 3. The van der Waals surface area contributed by atoms with Gasteiger partial charge in [-0.1, -0.05) is 0 Å². The van der Waals surface area contributed by atoms with Crippen LogP contribution in [0.15, 0.2) is 11.8 Å². The fraction of sp³-hybridized carbons (Fsp3) is 0.625. The van der Waals surface area contributed by atoms with Crippen LogP contribution in [0.1, 0.15) is 12.8 Å². The lowest BCUT2D eigenvalue weighted by Crippen LogP contribution is -2.25. The average Bonchev–Trinajstić information content (AvgIpc) is 2.62. The summed E-state index contributed by atoms with van der Waals surface area (Å²) < 4.78 is 65.5. The van der Waals surface area contributed by atoms with Crippen LogP contribution in [0.4, 0.5) is 13.2 Å². The zero-order valence-corrected chi connectivity index (χ0v) is 9.47. The maximum absolute atomic E-state index is 12.0. The van der Waals surface area contributed by atoms with E-state index in [1.165, 1.54) is 0 Å². The molecule has 5 nitrogen and oxygen atoms in total. The summed E-state index contributed by atoms with van der Waals surface area (Å²) in [4.78, 5) is 11.0. The van der Waals surface area contributed by atoms with E-state index in [2.05, 4.69) is 8.92 Å². The number of carbonyl (C=O) groups excluding carboxylic acids is 1. The highest BCUT2D eigenvalue weighted by Crippen LogP contribution is 2.32. The van der Waals surface area contributed by atoms with E-state index in [4.69, 9.17) is 0 Å². The van der Waals surface area contributed by atoms with Gasteiger partial charge in [0.05, 0.1) is 13.0 Å². The molecule has 0 amide bonds. The summed E-state index contributed by atoms with van der Waals surface area (Å²) in [5.41, 5.74) is -5.48. The number of hydrogen-bond acceptors (Lipinski definition) is 5. The standard InChI is InChI=1S/C8H9F3O5S/c1-15-7(12)5-2-3-6(4-5)16-17(13,14)8(9,10)11/h4-5H,2-3H2,1H3/t5-/m0/s1. The largest absolute Gasteiger partial charge is 0.534 e. The van der Waals surface area contributed by atoms with E-state index < -0.39 is 33.3 Å². The van der Waals surface area contributed by atoms with Crippen molar-refractivity contribution in [1.29, 1.82) is 0 Å². The first kappa shape index (κ1) is 13.8. The van der Waals surface area contributed by atoms with E-state index in [0.717, 1.165) is 13.2 Å². The highest BCUT2D eigenvalue weighted by molar-refractivity contribution is 7.87. The lowest BCUT2D eigenvalue weighted by Gasteiger charge is -2.09. The van der Waals surface area contributed by atoms with E-state index in [9.17, 15) is 26.4 Å². The molecule has 0 radical (unpaired) electrons. The number of esters is 1. The number of methoxy groups -OCH3 is 1. The third kappa shape index (κ3) is 3.11. The SMILES string of the molecule is COC(=O)[C@@H]1C=C(OS(=O)(=O)C(F)(F)F)CC1. The van der Waals surface area contributed by atoms with Gasteiger partial charge in [0, 0.05) is 6.42 Å². The van der Waals surface area contributed by atoms with Crippen molar-refractivity contribution in [2.75, 3.05) is 7.11 Å². The van der Waals surface area contributed by atoms with Gasteiger partial charge in [-0.05, 0) is 12.5 Å². The number of allylic oxidation sites excluding steroid dienone is 1. The molecule has 1 atom stereocenters. The predicted molar refractivity (Wildman–Crippen MR) is 48.9 cm³/mol. The van der Waals surface area contributed by atoms with E-state index in [1.807, 2.05) is 0 Å². The molecule has 0 bridgehead atoms. The second kappa shape index (κ2) is 4.55. The minimum Gasteiger partial charge on any atom is -0.469 e. The molecule has 17 heavy (non-hydrogen) atoms. The Kier molecular flexibility index (Phi) is 3.70. The van der Waals surface area contributed by atoms with E-state index in [-0.39, 0.29) is 12.8 Å². The molecule has 0 aromatic heterocycles. The van der Waals surface area contributed by atoms with Crippen LogP contribution in [-0.4, -0.2) is 27.0 Å². The van der Waals surface area contributed by atoms with Crippen LogP contribution in [0.3, 0.4) is 0 Å². The number of hydrogen-bond donors (Lipinski definition) is 0. The number of halogens is 3. The van der Waals surface area contributed by atoms with Crippen molar-refractivity contribution < 1.29 is 35.3 Å². The van der Waals surface area contributed by atoms with Crippen molar-refractivity contribution in [3.63, 3.8) is 0 Å². The van der Waals surface area contributed by atoms with Gasteiger partial charge in [0.1, 0.15) is 5.76 Å². The molecule has 0 saturated carbocycles. The first-order valence-corrected chi connectivity index (χ1v) is 5.87. The fourth-order valence-corrected chi connectivity index (χ4v) is 1.80. The van der Waals surface area contributed by atoms with Gasteiger partial charge in [-0.2, -0.15) is 21.6 Å². The first-order valence-electron chi connectivity index (χ1n) is 4.46. The normalized spacial score (nSPS) is 20.9. The van der Waals surface area contributed by atoms with Gasteiger partial charge < -0.3 is 8.92 Å². The second-order valence-electron chi connectivity index (χ2n) is 3.28. The summed E-state index contributed by atoms with van der Waals surface area (Å²) in [6.45, 7) is 0. The van der Waals surface area contributed by atoms with Crippen molar-refractivity contribution in [3.8, 4) is 0 Å². The Labute approximate surface area is 95.3 Å². The van der Waals surface area contributed by atoms with Crippen molar-refractivity contribution in [3.05, 3.63) is 11.8 Å². The van der Waals surface area contributed by atoms with Gasteiger partial charge in [-0.15, -0.1) is 0 Å². The molecule has 0 spiro atoms. The van der Waals surface area contributed by atoms with E-state index in [0.29, 0.717) is 0 Å². The van der Waals surface area contributed by atoms with Crippen molar-refractivity contribution in [1.82, 2.24) is 0 Å². The Morgan fingerprint density at radius 1 is 1.47 bits per heavy atom. The molecule has 0 N–H and O–H groups in total. The third-order valence-corrected chi connectivity index (χ3v) is 3.09. The average molecular weight is 274 g/mol. The fourth-order valence-electron chi connectivity index (χ4n) is 1.28. The summed E-state index contributed by atoms with van der Waals surface area (Å²) in [5.74, 6) is -1.80. The van der Waals surface area contributed by atoms with Gasteiger partial charge >= 0.3 is 21.6 Å². The molecule has 0 aliphatic heterocycles. The van der Waals surface area contributed by atoms with Crippen molar-refractivity contribution in [2.24, 2.45) is 5.92 Å². The van der Waals surface area contributed by atoms with Crippen LogP contribution in [0.2, 0.25) is 0 Å². The molecular formula is C8H9F3O5S. The summed E-state index contributed by atoms with van der Waals surface area (Å²) >= 11 is 0. The molecule has 98 valence electrons. The third-order valence-electron chi connectivity index (χ3n) is 2.09. The summed E-state index contributed by atoms with van der Waals surface area (Å²) in [5, 5.41) is 0. The molecule has 1 aliphatic carbocycles. The molecular weight excluding hydrogens is 265 g/mol. The molecule has 0 unspecified atom stereocenters. The van der Waals surface area contributed by atoms with Crippen molar-refractivity contribution in [2.45, 2.75) is 18.3 Å². The summed E-state index contributed by atoms with van der Waals surface area (Å²) in [6, 6.07) is 0. The molecule has 0 aromatic rings. The maximum atomic E-state index is 12.0.